The zero-order chi connectivity index (χ0) is 15.5. The molecule has 116 valence electrons. The third-order valence-corrected chi connectivity index (χ3v) is 4.79. The normalized spacial score (nSPS) is 18.2. The van der Waals surface area contributed by atoms with Crippen molar-refractivity contribution in [3.8, 4) is 0 Å². The molecule has 1 fully saturated rings. The van der Waals surface area contributed by atoms with Crippen LogP contribution < -0.4 is 10.6 Å². The Bertz CT molecular complexity index is 677. The number of aryl methyl sites for hydroxylation is 1. The van der Waals surface area contributed by atoms with E-state index in [1.807, 2.05) is 36.0 Å². The van der Waals surface area contributed by atoms with E-state index >= 15 is 0 Å². The monoisotopic (exact) mass is 362 g/mol. The number of nitrogens with zero attached hydrogens (tertiary/aromatic N) is 2. The van der Waals surface area contributed by atoms with Gasteiger partial charge in [-0.05, 0) is 56.1 Å². The maximum atomic E-state index is 12.3. The van der Waals surface area contributed by atoms with Gasteiger partial charge in [0.1, 0.15) is 0 Å². The van der Waals surface area contributed by atoms with Gasteiger partial charge in [-0.15, -0.1) is 0 Å². The summed E-state index contributed by atoms with van der Waals surface area (Å²) in [6.07, 6.45) is 4.13. The summed E-state index contributed by atoms with van der Waals surface area (Å²) in [4.78, 5) is 12.3. The van der Waals surface area contributed by atoms with Crippen LogP contribution in [0.2, 0.25) is 0 Å². The molecule has 1 aliphatic heterocycles. The number of hydrogen-bond acceptors (Lipinski definition) is 3. The molecule has 2 N–H and O–H groups in total. The smallest absolute Gasteiger partial charge is 0.276 e. The van der Waals surface area contributed by atoms with Gasteiger partial charge < -0.3 is 10.6 Å². The molecule has 0 saturated carbocycles. The number of carbonyl (C=O) groups excluding carboxylic acids is 1. The fourth-order valence-corrected chi connectivity index (χ4v) is 2.89. The van der Waals surface area contributed by atoms with E-state index in [4.69, 9.17) is 0 Å². The third-order valence-electron chi connectivity index (χ3n) is 3.90. The molecule has 1 aliphatic rings. The largest absolute Gasteiger partial charge is 0.321 e. The summed E-state index contributed by atoms with van der Waals surface area (Å²) in [5, 5.41) is 10.7. The molecule has 2 heterocycles. The van der Waals surface area contributed by atoms with Crippen LogP contribution >= 0.6 is 15.9 Å². The van der Waals surface area contributed by atoms with Gasteiger partial charge in [-0.3, -0.25) is 9.48 Å². The maximum absolute atomic E-state index is 12.3. The van der Waals surface area contributed by atoms with Crippen LogP contribution in [0, 0.1) is 6.92 Å². The summed E-state index contributed by atoms with van der Waals surface area (Å²) in [7, 11) is 0. The number of hydrogen-bond donors (Lipinski definition) is 2. The van der Waals surface area contributed by atoms with Crippen molar-refractivity contribution in [3.63, 3.8) is 0 Å². The van der Waals surface area contributed by atoms with E-state index in [1.165, 1.54) is 0 Å². The van der Waals surface area contributed by atoms with E-state index in [2.05, 4.69) is 31.7 Å². The van der Waals surface area contributed by atoms with Crippen LogP contribution in [-0.4, -0.2) is 28.8 Å². The summed E-state index contributed by atoms with van der Waals surface area (Å²) in [5.41, 5.74) is 2.31. The number of carbonyl (C=O) groups is 1. The molecule has 1 atom stereocenters. The number of aromatic nitrogens is 2. The molecule has 5 nitrogen and oxygen atoms in total. The molecule has 1 saturated heterocycles. The Hall–Kier alpha value is -1.66. The van der Waals surface area contributed by atoms with E-state index in [0.29, 0.717) is 11.7 Å². The Kier molecular flexibility index (Phi) is 4.59. The highest BCUT2D eigenvalue weighted by Gasteiger charge is 2.17. The molecule has 2 aromatic rings. The average molecular weight is 363 g/mol. The summed E-state index contributed by atoms with van der Waals surface area (Å²) in [6.45, 7) is 3.97. The molecule has 6 heteroatoms. The molecule has 0 aliphatic carbocycles. The van der Waals surface area contributed by atoms with E-state index < -0.39 is 0 Å². The number of halogens is 1. The second kappa shape index (κ2) is 6.62. The van der Waals surface area contributed by atoms with Crippen molar-refractivity contribution in [1.29, 1.82) is 0 Å². The van der Waals surface area contributed by atoms with Crippen LogP contribution in [0.4, 0.5) is 5.69 Å². The van der Waals surface area contributed by atoms with Crippen molar-refractivity contribution < 1.29 is 4.79 Å². The molecule has 3 rings (SSSR count). The molecule has 0 bridgehead atoms. The molecule has 1 aromatic carbocycles. The summed E-state index contributed by atoms with van der Waals surface area (Å²) < 4.78 is 2.92. The Morgan fingerprint density at radius 1 is 1.45 bits per heavy atom. The van der Waals surface area contributed by atoms with Gasteiger partial charge in [-0.1, -0.05) is 15.9 Å². The zero-order valence-electron chi connectivity index (χ0n) is 12.5. The molecular formula is C16H19BrN4O. The van der Waals surface area contributed by atoms with Crippen molar-refractivity contribution in [2.24, 2.45) is 0 Å². The first-order valence-corrected chi connectivity index (χ1v) is 8.26. The van der Waals surface area contributed by atoms with Crippen molar-refractivity contribution in [2.75, 3.05) is 18.4 Å². The predicted molar refractivity (Wildman–Crippen MR) is 90.2 cm³/mol. The molecule has 1 amide bonds. The lowest BCUT2D eigenvalue weighted by Crippen LogP contribution is -2.32. The molecule has 1 aromatic heterocycles. The topological polar surface area (TPSA) is 59.0 Å². The molecule has 0 spiro atoms. The Morgan fingerprint density at radius 3 is 3.05 bits per heavy atom. The molecule has 0 radical (unpaired) electrons. The summed E-state index contributed by atoms with van der Waals surface area (Å²) >= 11 is 3.45. The van der Waals surface area contributed by atoms with Crippen LogP contribution in [-0.2, 0) is 0 Å². The first-order chi connectivity index (χ1) is 10.6. The van der Waals surface area contributed by atoms with Gasteiger partial charge in [-0.25, -0.2) is 0 Å². The van der Waals surface area contributed by atoms with Gasteiger partial charge in [0.2, 0.25) is 0 Å². The number of amides is 1. The molecule has 22 heavy (non-hydrogen) atoms. The number of nitrogens with one attached hydrogen (secondary N) is 2. The highest BCUT2D eigenvalue weighted by molar-refractivity contribution is 9.10. The second-order valence-electron chi connectivity index (χ2n) is 5.60. The fourth-order valence-electron chi connectivity index (χ4n) is 2.64. The summed E-state index contributed by atoms with van der Waals surface area (Å²) in [5.74, 6) is -0.177. The maximum Gasteiger partial charge on any atom is 0.276 e. The standard InChI is InChI=1S/C16H19BrN4O/c1-11-9-12(4-5-14(11)17)19-16(22)15-6-8-21(20-15)13-3-2-7-18-10-13/h4-6,8-9,13,18H,2-3,7,10H2,1H3,(H,19,22). The van der Waals surface area contributed by atoms with E-state index in [9.17, 15) is 4.79 Å². The summed E-state index contributed by atoms with van der Waals surface area (Å²) in [6, 6.07) is 7.85. The van der Waals surface area contributed by atoms with Crippen molar-refractivity contribution >= 4 is 27.5 Å². The zero-order valence-corrected chi connectivity index (χ0v) is 14.1. The van der Waals surface area contributed by atoms with Gasteiger partial charge in [0.15, 0.2) is 5.69 Å². The predicted octanol–water partition coefficient (Wildman–Crippen LogP) is 3.13. The minimum Gasteiger partial charge on any atom is -0.321 e. The van der Waals surface area contributed by atoms with Crippen molar-refractivity contribution in [3.05, 3.63) is 46.2 Å². The third kappa shape index (κ3) is 3.39. The number of benzene rings is 1. The lowest BCUT2D eigenvalue weighted by Gasteiger charge is -2.22. The van der Waals surface area contributed by atoms with E-state index in [0.717, 1.165) is 41.7 Å². The van der Waals surface area contributed by atoms with Crippen LogP contribution in [0.25, 0.3) is 0 Å². The van der Waals surface area contributed by atoms with E-state index in [1.54, 1.807) is 6.07 Å². The Morgan fingerprint density at radius 2 is 2.32 bits per heavy atom. The quantitative estimate of drug-likeness (QED) is 0.881. The second-order valence-corrected chi connectivity index (χ2v) is 6.45. The van der Waals surface area contributed by atoms with Gasteiger partial charge in [0.25, 0.3) is 5.91 Å². The van der Waals surface area contributed by atoms with Gasteiger partial charge in [0.05, 0.1) is 6.04 Å². The average Bonchev–Trinajstić information content (AvgIpc) is 3.02. The lowest BCUT2D eigenvalue weighted by atomic mass is 10.1. The van der Waals surface area contributed by atoms with Crippen LogP contribution in [0.5, 0.6) is 0 Å². The van der Waals surface area contributed by atoms with Gasteiger partial charge >= 0.3 is 0 Å². The first-order valence-electron chi connectivity index (χ1n) is 7.47. The van der Waals surface area contributed by atoms with Crippen LogP contribution in [0.3, 0.4) is 0 Å². The number of rotatable bonds is 3. The first kappa shape index (κ1) is 15.2. The Labute approximate surface area is 138 Å². The fraction of sp³-hybridized carbons (Fsp3) is 0.375. The van der Waals surface area contributed by atoms with Gasteiger partial charge in [-0.2, -0.15) is 5.10 Å². The number of piperidine rings is 1. The number of anilines is 1. The van der Waals surface area contributed by atoms with Crippen LogP contribution in [0.1, 0.15) is 34.9 Å². The van der Waals surface area contributed by atoms with Crippen molar-refractivity contribution in [1.82, 2.24) is 15.1 Å². The SMILES string of the molecule is Cc1cc(NC(=O)c2ccn(C3CCCNC3)n2)ccc1Br. The van der Waals surface area contributed by atoms with E-state index in [-0.39, 0.29) is 5.91 Å². The van der Waals surface area contributed by atoms with Gasteiger partial charge in [0, 0.05) is 22.9 Å². The Balaban J connectivity index is 1.69. The minimum absolute atomic E-state index is 0.177. The van der Waals surface area contributed by atoms with Crippen molar-refractivity contribution in [2.45, 2.75) is 25.8 Å². The highest BCUT2D eigenvalue weighted by Crippen LogP contribution is 2.21. The molecular weight excluding hydrogens is 344 g/mol. The molecule has 1 unspecified atom stereocenters. The lowest BCUT2D eigenvalue weighted by molar-refractivity contribution is 0.102. The van der Waals surface area contributed by atoms with Crippen LogP contribution in [0.15, 0.2) is 34.9 Å². The highest BCUT2D eigenvalue weighted by atomic mass is 79.9. The minimum atomic E-state index is -0.177.